The smallest absolute Gasteiger partial charge is 0.369 e. The third kappa shape index (κ3) is 4.71. The number of nitrogens with zero attached hydrogens (tertiary/aromatic N) is 4. The number of nitrogen functional groups attached to an aromatic ring is 1. The van der Waals surface area contributed by atoms with Crippen molar-refractivity contribution in [1.29, 1.82) is 0 Å². The number of benzene rings is 2. The Morgan fingerprint density at radius 1 is 0.895 bits per heavy atom. The van der Waals surface area contributed by atoms with E-state index in [2.05, 4.69) is 15.0 Å². The number of hydrogen-bond acceptors (Lipinski definition) is 4. The molecule has 0 spiro atoms. The van der Waals surface area contributed by atoms with Gasteiger partial charge < -0.3 is 10.7 Å². The van der Waals surface area contributed by atoms with Gasteiger partial charge in [-0.05, 0) is 53.9 Å². The van der Waals surface area contributed by atoms with Crippen molar-refractivity contribution in [3.05, 3.63) is 71.8 Å². The standard InChI is InChI=1S/C27H23F5N6/c1-26(2,3)13-38-24-19(35-25(38)33)12-11-18(34-24)22-21(14-7-9-15(28)10-8-14)36-23(37-22)20-16(27(30,31)32)5-4-6-17(20)29/h4-12H,13H2,1-3H3,(H2,33,35)(H,36,37). The molecule has 3 N–H and O–H groups in total. The summed E-state index contributed by atoms with van der Waals surface area (Å²) in [6, 6.07) is 11.3. The molecular weight excluding hydrogens is 503 g/mol. The average molecular weight is 527 g/mol. The molecule has 6 nitrogen and oxygen atoms in total. The number of H-pyrrole nitrogens is 1. The van der Waals surface area contributed by atoms with E-state index in [9.17, 15) is 22.0 Å². The van der Waals surface area contributed by atoms with Crippen molar-refractivity contribution in [1.82, 2.24) is 24.5 Å². The molecule has 3 aromatic heterocycles. The number of nitrogens with one attached hydrogen (secondary N) is 1. The molecule has 196 valence electrons. The molecule has 0 amide bonds. The van der Waals surface area contributed by atoms with E-state index < -0.39 is 28.9 Å². The highest BCUT2D eigenvalue weighted by molar-refractivity contribution is 5.84. The minimum Gasteiger partial charge on any atom is -0.369 e. The zero-order valence-electron chi connectivity index (χ0n) is 20.7. The minimum atomic E-state index is -4.82. The average Bonchev–Trinajstić information content (AvgIpc) is 3.39. The molecule has 0 aliphatic rings. The van der Waals surface area contributed by atoms with Crippen LogP contribution in [0.15, 0.2) is 54.6 Å². The summed E-state index contributed by atoms with van der Waals surface area (Å²) >= 11 is 0. The van der Waals surface area contributed by atoms with E-state index in [4.69, 9.17) is 10.7 Å². The maximum atomic E-state index is 14.8. The maximum absolute atomic E-state index is 14.8. The van der Waals surface area contributed by atoms with Gasteiger partial charge in [-0.1, -0.05) is 26.8 Å². The molecule has 5 aromatic rings. The lowest BCUT2D eigenvalue weighted by Crippen LogP contribution is -2.17. The Hall–Kier alpha value is -4.28. The molecule has 38 heavy (non-hydrogen) atoms. The van der Waals surface area contributed by atoms with Gasteiger partial charge in [0.1, 0.15) is 28.7 Å². The van der Waals surface area contributed by atoms with Crippen LogP contribution < -0.4 is 5.73 Å². The number of aromatic nitrogens is 5. The predicted molar refractivity (Wildman–Crippen MR) is 135 cm³/mol. The van der Waals surface area contributed by atoms with Gasteiger partial charge >= 0.3 is 6.18 Å². The van der Waals surface area contributed by atoms with Gasteiger partial charge in [-0.25, -0.2) is 23.7 Å². The van der Waals surface area contributed by atoms with Crippen molar-refractivity contribution in [2.45, 2.75) is 33.5 Å². The van der Waals surface area contributed by atoms with Gasteiger partial charge in [0, 0.05) is 12.1 Å². The highest BCUT2D eigenvalue weighted by atomic mass is 19.4. The molecule has 0 aliphatic heterocycles. The lowest BCUT2D eigenvalue weighted by atomic mass is 9.97. The molecular formula is C27H23F5N6. The van der Waals surface area contributed by atoms with Gasteiger partial charge in [-0.2, -0.15) is 13.2 Å². The number of anilines is 1. The molecule has 0 saturated carbocycles. The molecule has 0 unspecified atom stereocenters. The van der Waals surface area contributed by atoms with Gasteiger partial charge in [-0.15, -0.1) is 0 Å². The van der Waals surface area contributed by atoms with Crippen molar-refractivity contribution in [3.8, 4) is 34.0 Å². The third-order valence-electron chi connectivity index (χ3n) is 5.89. The number of imidazole rings is 2. The largest absolute Gasteiger partial charge is 0.417 e. The van der Waals surface area contributed by atoms with Crippen LogP contribution >= 0.6 is 0 Å². The highest BCUT2D eigenvalue weighted by Gasteiger charge is 2.36. The Balaban J connectivity index is 1.76. The van der Waals surface area contributed by atoms with Gasteiger partial charge in [0.2, 0.25) is 5.95 Å². The Kier molecular flexibility index (Phi) is 5.96. The fraction of sp³-hybridized carbons (Fsp3) is 0.222. The number of nitrogens with two attached hydrogens (primary N) is 1. The van der Waals surface area contributed by atoms with Gasteiger partial charge in [0.25, 0.3) is 0 Å². The van der Waals surface area contributed by atoms with Crippen LogP contribution in [0, 0.1) is 17.0 Å². The maximum Gasteiger partial charge on any atom is 0.417 e. The number of aromatic amines is 1. The fourth-order valence-electron chi connectivity index (χ4n) is 4.28. The van der Waals surface area contributed by atoms with Crippen LogP contribution in [0.5, 0.6) is 0 Å². The topological polar surface area (TPSA) is 85.4 Å². The molecule has 0 bridgehead atoms. The number of halogens is 5. The van der Waals surface area contributed by atoms with E-state index in [1.165, 1.54) is 24.3 Å². The van der Waals surface area contributed by atoms with Gasteiger partial charge in [-0.3, -0.25) is 4.57 Å². The fourth-order valence-corrected chi connectivity index (χ4v) is 4.28. The summed E-state index contributed by atoms with van der Waals surface area (Å²) in [7, 11) is 0. The van der Waals surface area contributed by atoms with E-state index in [0.717, 1.165) is 18.2 Å². The SMILES string of the molecule is CC(C)(C)Cn1c(N)nc2ccc(-c3nc(-c4c(F)cccc4C(F)(F)F)[nH]c3-c3ccc(F)cc3)nc21. The molecule has 0 aliphatic carbocycles. The Morgan fingerprint density at radius 2 is 1.61 bits per heavy atom. The zero-order valence-corrected chi connectivity index (χ0v) is 20.7. The Labute approximate surface area is 214 Å². The first-order chi connectivity index (χ1) is 17.8. The summed E-state index contributed by atoms with van der Waals surface area (Å²) in [6.45, 7) is 6.59. The van der Waals surface area contributed by atoms with Crippen molar-refractivity contribution >= 4 is 17.1 Å². The lowest BCUT2D eigenvalue weighted by molar-refractivity contribution is -0.137. The summed E-state index contributed by atoms with van der Waals surface area (Å²) in [5, 5.41) is 0. The second kappa shape index (κ2) is 8.93. The van der Waals surface area contributed by atoms with Crippen LogP contribution in [0.2, 0.25) is 0 Å². The molecule has 0 fully saturated rings. The lowest BCUT2D eigenvalue weighted by Gasteiger charge is -2.19. The van der Waals surface area contributed by atoms with Crippen LogP contribution in [-0.4, -0.2) is 24.5 Å². The Morgan fingerprint density at radius 3 is 2.26 bits per heavy atom. The van der Waals surface area contributed by atoms with Crippen LogP contribution in [0.1, 0.15) is 26.3 Å². The van der Waals surface area contributed by atoms with Crippen molar-refractivity contribution in [2.75, 3.05) is 5.73 Å². The summed E-state index contributed by atoms with van der Waals surface area (Å²) in [6.07, 6.45) is -4.82. The van der Waals surface area contributed by atoms with Crippen LogP contribution in [0.4, 0.5) is 27.9 Å². The number of rotatable bonds is 4. The normalized spacial score (nSPS) is 12.4. The number of pyridine rings is 1. The minimum absolute atomic E-state index is 0.156. The first-order valence-corrected chi connectivity index (χ1v) is 11.7. The zero-order chi connectivity index (χ0) is 27.4. The van der Waals surface area contributed by atoms with E-state index in [1.54, 1.807) is 16.7 Å². The second-order valence-electron chi connectivity index (χ2n) is 10.1. The molecule has 3 heterocycles. The molecule has 5 rings (SSSR count). The Bertz CT molecular complexity index is 1640. The van der Waals surface area contributed by atoms with Gasteiger partial charge in [0.15, 0.2) is 5.65 Å². The molecule has 0 atom stereocenters. The third-order valence-corrected chi connectivity index (χ3v) is 5.89. The summed E-state index contributed by atoms with van der Waals surface area (Å²) in [5.41, 5.74) is 6.21. The van der Waals surface area contributed by atoms with E-state index in [-0.39, 0.29) is 28.6 Å². The molecule has 0 saturated heterocycles. The van der Waals surface area contributed by atoms with E-state index >= 15 is 0 Å². The summed E-state index contributed by atoms with van der Waals surface area (Å²) in [4.78, 5) is 16.3. The van der Waals surface area contributed by atoms with Crippen LogP contribution in [0.3, 0.4) is 0 Å². The van der Waals surface area contributed by atoms with Crippen molar-refractivity contribution in [3.63, 3.8) is 0 Å². The number of fused-ring (bicyclic) bond motifs is 1. The summed E-state index contributed by atoms with van der Waals surface area (Å²) in [5.74, 6) is -1.66. The molecule has 11 heteroatoms. The molecule has 0 radical (unpaired) electrons. The van der Waals surface area contributed by atoms with E-state index in [0.29, 0.717) is 29.0 Å². The van der Waals surface area contributed by atoms with Crippen LogP contribution in [-0.2, 0) is 12.7 Å². The first-order valence-electron chi connectivity index (χ1n) is 11.7. The van der Waals surface area contributed by atoms with Crippen molar-refractivity contribution in [2.24, 2.45) is 5.41 Å². The highest BCUT2D eigenvalue weighted by Crippen LogP contribution is 2.40. The first kappa shape index (κ1) is 25.4. The monoisotopic (exact) mass is 526 g/mol. The quantitative estimate of drug-likeness (QED) is 0.245. The number of hydrogen-bond donors (Lipinski definition) is 2. The van der Waals surface area contributed by atoms with Crippen molar-refractivity contribution < 1.29 is 22.0 Å². The van der Waals surface area contributed by atoms with E-state index in [1.807, 2.05) is 20.8 Å². The molecule has 2 aromatic carbocycles. The predicted octanol–water partition coefficient (Wildman–Crippen LogP) is 7.08. The van der Waals surface area contributed by atoms with Gasteiger partial charge in [0.05, 0.1) is 22.5 Å². The second-order valence-corrected chi connectivity index (χ2v) is 10.1. The summed E-state index contributed by atoms with van der Waals surface area (Å²) < 4.78 is 71.6. The van der Waals surface area contributed by atoms with Crippen LogP contribution in [0.25, 0.3) is 45.2 Å². The number of alkyl halides is 3.